The van der Waals surface area contributed by atoms with Crippen LogP contribution in [0.3, 0.4) is 0 Å². The molecule has 0 atom stereocenters. The smallest absolute Gasteiger partial charge is 0.306 e. The standard InChI is InChI=1S/C17H20BrNO3/c18-13-5-3-12(4-6-13)17(9-10-17)16(22)19-14-7-1-11(2-8-14)15(20)21/h3-6,11,14H,1-2,7-10H2,(H,19,22)(H,20,21). The maximum atomic E-state index is 12.7. The van der Waals surface area contributed by atoms with Crippen LogP contribution in [0.5, 0.6) is 0 Å². The van der Waals surface area contributed by atoms with Crippen molar-refractivity contribution in [3.8, 4) is 0 Å². The fraction of sp³-hybridized carbons (Fsp3) is 0.529. The van der Waals surface area contributed by atoms with Crippen LogP contribution in [0, 0.1) is 5.92 Å². The zero-order valence-electron chi connectivity index (χ0n) is 12.3. The minimum Gasteiger partial charge on any atom is -0.481 e. The van der Waals surface area contributed by atoms with E-state index in [-0.39, 0.29) is 23.3 Å². The van der Waals surface area contributed by atoms with E-state index in [0.717, 1.165) is 35.7 Å². The number of carbonyl (C=O) groups excluding carboxylic acids is 1. The van der Waals surface area contributed by atoms with Gasteiger partial charge in [-0.2, -0.15) is 0 Å². The normalized spacial score (nSPS) is 26.2. The molecule has 1 amide bonds. The van der Waals surface area contributed by atoms with E-state index in [1.807, 2.05) is 24.3 Å². The Labute approximate surface area is 138 Å². The van der Waals surface area contributed by atoms with Crippen LogP contribution >= 0.6 is 15.9 Å². The summed E-state index contributed by atoms with van der Waals surface area (Å²) >= 11 is 3.42. The summed E-state index contributed by atoms with van der Waals surface area (Å²) in [5.41, 5.74) is 0.720. The highest BCUT2D eigenvalue weighted by Gasteiger charge is 2.51. The fourth-order valence-corrected chi connectivity index (χ4v) is 3.61. The third-order valence-electron chi connectivity index (χ3n) is 4.99. The van der Waals surface area contributed by atoms with E-state index >= 15 is 0 Å². The number of carboxylic acid groups (broad SMARTS) is 1. The van der Waals surface area contributed by atoms with E-state index in [0.29, 0.717) is 12.8 Å². The first-order valence-electron chi connectivity index (χ1n) is 7.81. The third kappa shape index (κ3) is 3.05. The van der Waals surface area contributed by atoms with Crippen LogP contribution in [0.1, 0.15) is 44.1 Å². The third-order valence-corrected chi connectivity index (χ3v) is 5.52. The SMILES string of the molecule is O=C(O)C1CCC(NC(=O)C2(c3ccc(Br)cc3)CC2)CC1. The van der Waals surface area contributed by atoms with Gasteiger partial charge >= 0.3 is 5.97 Å². The topological polar surface area (TPSA) is 66.4 Å². The first-order valence-corrected chi connectivity index (χ1v) is 8.60. The van der Waals surface area contributed by atoms with Crippen molar-refractivity contribution in [1.29, 1.82) is 0 Å². The number of hydrogen-bond acceptors (Lipinski definition) is 2. The van der Waals surface area contributed by atoms with E-state index in [1.165, 1.54) is 0 Å². The number of hydrogen-bond donors (Lipinski definition) is 2. The van der Waals surface area contributed by atoms with Gasteiger partial charge in [-0.05, 0) is 56.2 Å². The summed E-state index contributed by atoms with van der Waals surface area (Å²) in [7, 11) is 0. The first kappa shape index (κ1) is 15.5. The van der Waals surface area contributed by atoms with Crippen LogP contribution in [-0.2, 0) is 15.0 Å². The van der Waals surface area contributed by atoms with Crippen molar-refractivity contribution in [2.45, 2.75) is 50.0 Å². The molecular weight excluding hydrogens is 346 g/mol. The lowest BCUT2D eigenvalue weighted by Gasteiger charge is -2.28. The summed E-state index contributed by atoms with van der Waals surface area (Å²) in [6, 6.07) is 8.09. The molecule has 2 fully saturated rings. The molecule has 0 bridgehead atoms. The van der Waals surface area contributed by atoms with Crippen molar-refractivity contribution in [2.75, 3.05) is 0 Å². The Morgan fingerprint density at radius 2 is 1.68 bits per heavy atom. The summed E-state index contributed by atoms with van der Waals surface area (Å²) in [5.74, 6) is -0.846. The van der Waals surface area contributed by atoms with Gasteiger partial charge in [-0.1, -0.05) is 28.1 Å². The van der Waals surface area contributed by atoms with Crippen LogP contribution in [-0.4, -0.2) is 23.0 Å². The summed E-state index contributed by atoms with van der Waals surface area (Å²) in [4.78, 5) is 23.6. The fourth-order valence-electron chi connectivity index (χ4n) is 3.35. The van der Waals surface area contributed by atoms with Gasteiger partial charge in [0.2, 0.25) is 5.91 Å². The highest BCUT2D eigenvalue weighted by atomic mass is 79.9. The van der Waals surface area contributed by atoms with Gasteiger partial charge in [-0.15, -0.1) is 0 Å². The molecule has 0 unspecified atom stereocenters. The van der Waals surface area contributed by atoms with Gasteiger partial charge < -0.3 is 10.4 Å². The molecule has 3 rings (SSSR count). The maximum absolute atomic E-state index is 12.7. The average Bonchev–Trinajstić information content (AvgIpc) is 3.30. The van der Waals surface area contributed by atoms with E-state index in [4.69, 9.17) is 5.11 Å². The molecule has 1 aromatic carbocycles. The summed E-state index contributed by atoms with van der Waals surface area (Å²) in [6.45, 7) is 0. The molecular formula is C17H20BrNO3. The van der Waals surface area contributed by atoms with Gasteiger partial charge in [0.1, 0.15) is 0 Å². The highest BCUT2D eigenvalue weighted by Crippen LogP contribution is 2.48. The zero-order valence-corrected chi connectivity index (χ0v) is 13.9. The van der Waals surface area contributed by atoms with Gasteiger partial charge in [0.25, 0.3) is 0 Å². The number of aliphatic carboxylic acids is 1. The minimum absolute atomic E-state index is 0.105. The molecule has 0 heterocycles. The Morgan fingerprint density at radius 3 is 2.18 bits per heavy atom. The Kier molecular flexibility index (Phi) is 4.26. The van der Waals surface area contributed by atoms with E-state index in [1.54, 1.807) is 0 Å². The lowest BCUT2D eigenvalue weighted by molar-refractivity contribution is -0.142. The van der Waals surface area contributed by atoms with Crippen LogP contribution in [0.15, 0.2) is 28.7 Å². The molecule has 2 aliphatic carbocycles. The second-order valence-electron chi connectivity index (χ2n) is 6.45. The summed E-state index contributed by atoms with van der Waals surface area (Å²) in [5, 5.41) is 12.2. The number of carboxylic acids is 1. The zero-order chi connectivity index (χ0) is 15.7. The predicted octanol–water partition coefficient (Wildman–Crippen LogP) is 3.24. The lowest BCUT2D eigenvalue weighted by Crippen LogP contribution is -2.43. The summed E-state index contributed by atoms with van der Waals surface area (Å²) < 4.78 is 1.01. The number of carbonyl (C=O) groups is 2. The van der Waals surface area contributed by atoms with Crippen LogP contribution in [0.4, 0.5) is 0 Å². The Hall–Kier alpha value is -1.36. The molecule has 0 aliphatic heterocycles. The highest BCUT2D eigenvalue weighted by molar-refractivity contribution is 9.10. The molecule has 0 aromatic heterocycles. The van der Waals surface area contributed by atoms with E-state index in [9.17, 15) is 9.59 Å². The van der Waals surface area contributed by atoms with Crippen molar-refractivity contribution in [3.63, 3.8) is 0 Å². The van der Waals surface area contributed by atoms with E-state index < -0.39 is 5.97 Å². The number of benzene rings is 1. The number of amides is 1. The van der Waals surface area contributed by atoms with Crippen LogP contribution < -0.4 is 5.32 Å². The molecule has 2 aliphatic rings. The molecule has 5 heteroatoms. The maximum Gasteiger partial charge on any atom is 0.306 e. The molecule has 4 nitrogen and oxygen atoms in total. The largest absolute Gasteiger partial charge is 0.481 e. The minimum atomic E-state index is -0.710. The van der Waals surface area contributed by atoms with Gasteiger partial charge in [-0.25, -0.2) is 0 Å². The lowest BCUT2D eigenvalue weighted by atomic mass is 9.85. The molecule has 1 aromatic rings. The first-order chi connectivity index (χ1) is 10.5. The van der Waals surface area contributed by atoms with Crippen molar-refractivity contribution < 1.29 is 14.7 Å². The predicted molar refractivity (Wildman–Crippen MR) is 86.6 cm³/mol. The molecule has 2 N–H and O–H groups in total. The Morgan fingerprint density at radius 1 is 1.09 bits per heavy atom. The second-order valence-corrected chi connectivity index (χ2v) is 7.36. The molecule has 118 valence electrons. The number of nitrogens with one attached hydrogen (secondary N) is 1. The van der Waals surface area contributed by atoms with Gasteiger partial charge in [0, 0.05) is 10.5 Å². The van der Waals surface area contributed by atoms with Crippen molar-refractivity contribution >= 4 is 27.8 Å². The van der Waals surface area contributed by atoms with Gasteiger partial charge in [-0.3, -0.25) is 9.59 Å². The molecule has 0 spiro atoms. The number of halogens is 1. The van der Waals surface area contributed by atoms with Gasteiger partial charge in [0.15, 0.2) is 0 Å². The monoisotopic (exact) mass is 365 g/mol. The van der Waals surface area contributed by atoms with Crippen molar-refractivity contribution in [3.05, 3.63) is 34.3 Å². The average molecular weight is 366 g/mol. The number of rotatable bonds is 4. The Balaban J connectivity index is 1.61. The molecule has 0 radical (unpaired) electrons. The quantitative estimate of drug-likeness (QED) is 0.860. The molecule has 2 saturated carbocycles. The van der Waals surface area contributed by atoms with Crippen molar-refractivity contribution in [1.82, 2.24) is 5.32 Å². The molecule has 22 heavy (non-hydrogen) atoms. The summed E-state index contributed by atoms with van der Waals surface area (Å²) in [6.07, 6.45) is 4.63. The molecule has 0 saturated heterocycles. The van der Waals surface area contributed by atoms with E-state index in [2.05, 4.69) is 21.2 Å². The van der Waals surface area contributed by atoms with Crippen molar-refractivity contribution in [2.24, 2.45) is 5.92 Å². The second kappa shape index (κ2) is 6.03. The van der Waals surface area contributed by atoms with Gasteiger partial charge in [0.05, 0.1) is 11.3 Å². The Bertz CT molecular complexity index is 572. The van der Waals surface area contributed by atoms with Crippen LogP contribution in [0.25, 0.3) is 0 Å². The van der Waals surface area contributed by atoms with Crippen LogP contribution in [0.2, 0.25) is 0 Å².